The summed E-state index contributed by atoms with van der Waals surface area (Å²) < 4.78 is 40.8. The second-order valence-corrected chi connectivity index (χ2v) is 7.46. The molecule has 1 aliphatic rings. The van der Waals surface area contributed by atoms with Gasteiger partial charge in [-0.25, -0.2) is 13.2 Å². The van der Waals surface area contributed by atoms with E-state index in [1.165, 1.54) is 4.90 Å². The van der Waals surface area contributed by atoms with Crippen molar-refractivity contribution in [2.24, 2.45) is 5.73 Å². The molecule has 4 nitrogen and oxygen atoms in total. The zero-order valence-corrected chi connectivity index (χ0v) is 16.4. The first kappa shape index (κ1) is 20.9. The number of nitrogens with one attached hydrogen (secondary N) is 1. The Balaban J connectivity index is 1.72. The lowest BCUT2D eigenvalue weighted by Gasteiger charge is -2.29. The standard InChI is InChI=1S/C22H24F3N3O/c1-28(2)22(29)15-5-3-4-6-21(15)27-12-13-7-8-14(20(26)9-13)16-10-18(24)19(25)11-17(16)23/h3-7,10-11,14,20,27H,8-9,12,26H2,1-2H3/t14-,20+/m0/s1. The Morgan fingerprint density at radius 2 is 1.83 bits per heavy atom. The summed E-state index contributed by atoms with van der Waals surface area (Å²) in [7, 11) is 3.39. The van der Waals surface area contributed by atoms with Gasteiger partial charge in [-0.2, -0.15) is 0 Å². The number of benzene rings is 2. The zero-order chi connectivity index (χ0) is 21.1. The van der Waals surface area contributed by atoms with Crippen LogP contribution in [0, 0.1) is 17.5 Å². The maximum Gasteiger partial charge on any atom is 0.255 e. The van der Waals surface area contributed by atoms with Crippen LogP contribution in [0.5, 0.6) is 0 Å². The van der Waals surface area contributed by atoms with Crippen molar-refractivity contribution >= 4 is 11.6 Å². The average Bonchev–Trinajstić information content (AvgIpc) is 2.69. The predicted molar refractivity (Wildman–Crippen MR) is 107 cm³/mol. The molecule has 0 aliphatic heterocycles. The van der Waals surface area contributed by atoms with Crippen LogP contribution in [0.15, 0.2) is 48.0 Å². The largest absolute Gasteiger partial charge is 0.381 e. The van der Waals surface area contributed by atoms with E-state index in [4.69, 9.17) is 5.73 Å². The molecule has 3 rings (SSSR count). The number of allylic oxidation sites excluding steroid dienone is 1. The summed E-state index contributed by atoms with van der Waals surface area (Å²) in [5.41, 5.74) is 8.64. The van der Waals surface area contributed by atoms with Crippen molar-refractivity contribution in [2.75, 3.05) is 26.0 Å². The van der Waals surface area contributed by atoms with E-state index in [2.05, 4.69) is 5.32 Å². The predicted octanol–water partition coefficient (Wildman–Crippen LogP) is 4.05. The van der Waals surface area contributed by atoms with Crippen LogP contribution in [-0.2, 0) is 0 Å². The van der Waals surface area contributed by atoms with Gasteiger partial charge in [-0.05, 0) is 36.6 Å². The van der Waals surface area contributed by atoms with Gasteiger partial charge in [0.05, 0.1) is 5.56 Å². The van der Waals surface area contributed by atoms with E-state index >= 15 is 0 Å². The van der Waals surface area contributed by atoms with Gasteiger partial charge in [-0.15, -0.1) is 0 Å². The molecule has 29 heavy (non-hydrogen) atoms. The highest BCUT2D eigenvalue weighted by atomic mass is 19.2. The summed E-state index contributed by atoms with van der Waals surface area (Å²) in [6, 6.07) is 8.28. The fraction of sp³-hybridized carbons (Fsp3) is 0.318. The van der Waals surface area contributed by atoms with Gasteiger partial charge in [0, 0.05) is 44.4 Å². The maximum absolute atomic E-state index is 14.1. The fourth-order valence-corrected chi connectivity index (χ4v) is 3.59. The number of hydrogen-bond acceptors (Lipinski definition) is 3. The van der Waals surface area contributed by atoms with Gasteiger partial charge >= 0.3 is 0 Å². The number of carbonyl (C=O) groups excluding carboxylic acids is 1. The number of hydrogen-bond donors (Lipinski definition) is 2. The SMILES string of the molecule is CN(C)C(=O)c1ccccc1NCC1=CC[C@@H](c2cc(F)c(F)cc2F)[C@H](N)C1. The zero-order valence-electron chi connectivity index (χ0n) is 16.4. The second kappa shape index (κ2) is 8.69. The highest BCUT2D eigenvalue weighted by molar-refractivity contribution is 5.99. The molecule has 3 N–H and O–H groups in total. The van der Waals surface area contributed by atoms with Crippen LogP contribution in [0.25, 0.3) is 0 Å². The number of rotatable bonds is 5. The van der Waals surface area contributed by atoms with Gasteiger partial charge in [-0.3, -0.25) is 4.79 Å². The van der Waals surface area contributed by atoms with Gasteiger partial charge < -0.3 is 16.0 Å². The lowest BCUT2D eigenvalue weighted by Crippen LogP contribution is -2.33. The molecule has 0 heterocycles. The Morgan fingerprint density at radius 3 is 2.52 bits per heavy atom. The van der Waals surface area contributed by atoms with Gasteiger partial charge in [0.1, 0.15) is 5.82 Å². The summed E-state index contributed by atoms with van der Waals surface area (Å²) in [5, 5.41) is 3.27. The van der Waals surface area contributed by atoms with E-state index in [1.807, 2.05) is 18.2 Å². The summed E-state index contributed by atoms with van der Waals surface area (Å²) in [5.74, 6) is -3.59. The molecular weight excluding hydrogens is 379 g/mol. The van der Waals surface area contributed by atoms with E-state index in [0.29, 0.717) is 31.0 Å². The van der Waals surface area contributed by atoms with Crippen molar-refractivity contribution in [2.45, 2.75) is 24.8 Å². The van der Waals surface area contributed by atoms with Gasteiger partial charge in [0.15, 0.2) is 11.6 Å². The number of para-hydroxylation sites is 1. The Bertz CT molecular complexity index is 943. The first-order chi connectivity index (χ1) is 13.8. The molecule has 0 unspecified atom stereocenters. The molecule has 0 saturated heterocycles. The molecule has 0 fully saturated rings. The third kappa shape index (κ3) is 4.62. The second-order valence-electron chi connectivity index (χ2n) is 7.46. The topological polar surface area (TPSA) is 58.4 Å². The summed E-state index contributed by atoms with van der Waals surface area (Å²) in [6.07, 6.45) is 2.86. The third-order valence-corrected chi connectivity index (χ3v) is 5.18. The van der Waals surface area contributed by atoms with Crippen molar-refractivity contribution < 1.29 is 18.0 Å². The highest BCUT2D eigenvalue weighted by Crippen LogP contribution is 2.34. The minimum atomic E-state index is -1.21. The van der Waals surface area contributed by atoms with E-state index in [1.54, 1.807) is 26.2 Å². The molecule has 154 valence electrons. The van der Waals surface area contributed by atoms with E-state index in [-0.39, 0.29) is 11.5 Å². The van der Waals surface area contributed by atoms with E-state index in [9.17, 15) is 18.0 Å². The van der Waals surface area contributed by atoms with Crippen LogP contribution in [0.2, 0.25) is 0 Å². The number of nitrogens with two attached hydrogens (primary N) is 1. The number of nitrogens with zero attached hydrogens (tertiary/aromatic N) is 1. The van der Waals surface area contributed by atoms with Crippen molar-refractivity contribution in [1.29, 1.82) is 0 Å². The smallest absolute Gasteiger partial charge is 0.255 e. The molecule has 0 aromatic heterocycles. The Morgan fingerprint density at radius 1 is 1.14 bits per heavy atom. The fourth-order valence-electron chi connectivity index (χ4n) is 3.59. The molecule has 0 spiro atoms. The molecule has 2 aromatic rings. The monoisotopic (exact) mass is 403 g/mol. The molecule has 1 amide bonds. The highest BCUT2D eigenvalue weighted by Gasteiger charge is 2.27. The van der Waals surface area contributed by atoms with E-state index in [0.717, 1.165) is 17.3 Å². The molecule has 1 aliphatic carbocycles. The molecular formula is C22H24F3N3O. The molecule has 0 radical (unpaired) electrons. The molecule has 2 aromatic carbocycles. The molecule has 2 atom stereocenters. The van der Waals surface area contributed by atoms with Crippen LogP contribution >= 0.6 is 0 Å². The molecule has 0 saturated carbocycles. The van der Waals surface area contributed by atoms with E-state index < -0.39 is 29.4 Å². The van der Waals surface area contributed by atoms with Crippen molar-refractivity contribution in [1.82, 2.24) is 4.90 Å². The summed E-state index contributed by atoms with van der Waals surface area (Å²) in [6.45, 7) is 0.485. The van der Waals surface area contributed by atoms with Crippen molar-refractivity contribution in [3.05, 3.63) is 76.6 Å². The average molecular weight is 403 g/mol. The number of anilines is 1. The Hall–Kier alpha value is -2.80. The van der Waals surface area contributed by atoms with Gasteiger partial charge in [0.25, 0.3) is 5.91 Å². The van der Waals surface area contributed by atoms with Crippen LogP contribution in [0.4, 0.5) is 18.9 Å². The minimum absolute atomic E-state index is 0.0987. The summed E-state index contributed by atoms with van der Waals surface area (Å²) in [4.78, 5) is 13.8. The number of carbonyl (C=O) groups is 1. The lowest BCUT2D eigenvalue weighted by molar-refractivity contribution is 0.0828. The Labute approximate surface area is 168 Å². The molecule has 7 heteroatoms. The van der Waals surface area contributed by atoms with Gasteiger partial charge in [0.2, 0.25) is 0 Å². The van der Waals surface area contributed by atoms with Crippen molar-refractivity contribution in [3.8, 4) is 0 Å². The lowest BCUT2D eigenvalue weighted by atomic mass is 9.80. The van der Waals surface area contributed by atoms with Crippen molar-refractivity contribution in [3.63, 3.8) is 0 Å². The molecule has 0 bridgehead atoms. The first-order valence-electron chi connectivity index (χ1n) is 9.40. The number of halogens is 3. The van der Waals surface area contributed by atoms with Crippen LogP contribution in [0.3, 0.4) is 0 Å². The normalized spacial score (nSPS) is 18.9. The third-order valence-electron chi connectivity index (χ3n) is 5.18. The van der Waals surface area contributed by atoms with Crippen LogP contribution in [0.1, 0.15) is 34.7 Å². The van der Waals surface area contributed by atoms with Crippen LogP contribution in [-0.4, -0.2) is 37.5 Å². The maximum atomic E-state index is 14.1. The first-order valence-corrected chi connectivity index (χ1v) is 9.40. The van der Waals surface area contributed by atoms with Gasteiger partial charge in [-0.1, -0.05) is 23.8 Å². The van der Waals surface area contributed by atoms with Crippen LogP contribution < -0.4 is 11.1 Å². The minimum Gasteiger partial charge on any atom is -0.381 e. The summed E-state index contributed by atoms with van der Waals surface area (Å²) >= 11 is 0. The Kier molecular flexibility index (Phi) is 6.27. The number of amides is 1. The quantitative estimate of drug-likeness (QED) is 0.585.